The molecule has 1 rings (SSSR count). The third kappa shape index (κ3) is 1.90. The first kappa shape index (κ1) is 11.4. The van der Waals surface area contributed by atoms with Gasteiger partial charge in [-0.05, 0) is 26.2 Å². The van der Waals surface area contributed by atoms with E-state index >= 15 is 0 Å². The average molecular weight is 214 g/mol. The van der Waals surface area contributed by atoms with Gasteiger partial charge in [-0.2, -0.15) is 0 Å². The Morgan fingerprint density at radius 3 is 2.36 bits per heavy atom. The van der Waals surface area contributed by atoms with Crippen LogP contribution in [0, 0.1) is 5.41 Å². The zero-order chi connectivity index (χ0) is 10.8. The summed E-state index contributed by atoms with van der Waals surface area (Å²) in [6.07, 6.45) is 2.88. The SMILES string of the molecule is CCC(C)(C(=O)N1CCCC1)C(N)=S. The van der Waals surface area contributed by atoms with E-state index in [9.17, 15) is 4.79 Å². The fourth-order valence-corrected chi connectivity index (χ4v) is 1.93. The fourth-order valence-electron chi connectivity index (χ4n) is 1.70. The molecule has 0 saturated carbocycles. The number of carbonyl (C=O) groups excluding carboxylic acids is 1. The van der Waals surface area contributed by atoms with Crippen LogP contribution in [0.15, 0.2) is 0 Å². The Balaban J connectivity index is 2.78. The van der Waals surface area contributed by atoms with Crippen molar-refractivity contribution in [2.75, 3.05) is 13.1 Å². The number of nitrogens with zero attached hydrogens (tertiary/aromatic N) is 1. The maximum absolute atomic E-state index is 12.1. The van der Waals surface area contributed by atoms with Gasteiger partial charge in [-0.3, -0.25) is 4.79 Å². The van der Waals surface area contributed by atoms with Crippen LogP contribution < -0.4 is 5.73 Å². The summed E-state index contributed by atoms with van der Waals surface area (Å²) in [5.74, 6) is 0.102. The molecule has 0 aromatic rings. The minimum Gasteiger partial charge on any atom is -0.392 e. The van der Waals surface area contributed by atoms with Crippen LogP contribution in [0.3, 0.4) is 0 Å². The van der Waals surface area contributed by atoms with Crippen molar-refractivity contribution in [2.24, 2.45) is 11.1 Å². The summed E-state index contributed by atoms with van der Waals surface area (Å²) in [4.78, 5) is 14.3. The van der Waals surface area contributed by atoms with Gasteiger partial charge < -0.3 is 10.6 Å². The Morgan fingerprint density at radius 2 is 2.00 bits per heavy atom. The van der Waals surface area contributed by atoms with Crippen LogP contribution in [0.25, 0.3) is 0 Å². The van der Waals surface area contributed by atoms with Crippen molar-refractivity contribution < 1.29 is 4.79 Å². The maximum atomic E-state index is 12.1. The van der Waals surface area contributed by atoms with Gasteiger partial charge in [-0.1, -0.05) is 19.1 Å². The smallest absolute Gasteiger partial charge is 0.235 e. The molecule has 1 unspecified atom stereocenters. The third-order valence-corrected chi connectivity index (χ3v) is 3.57. The third-order valence-electron chi connectivity index (χ3n) is 3.12. The molecule has 4 heteroatoms. The Morgan fingerprint density at radius 1 is 1.50 bits per heavy atom. The minimum absolute atomic E-state index is 0.102. The molecule has 0 bridgehead atoms. The normalized spacial score (nSPS) is 20.6. The standard InChI is InChI=1S/C10H18N2OS/c1-3-10(2,8(11)14)9(13)12-6-4-5-7-12/h3-7H2,1-2H3,(H2,11,14). The lowest BCUT2D eigenvalue weighted by atomic mass is 9.86. The van der Waals surface area contributed by atoms with E-state index in [0.717, 1.165) is 25.9 Å². The quantitative estimate of drug-likeness (QED) is 0.721. The molecule has 0 radical (unpaired) electrons. The number of thiocarbonyl (C=S) groups is 1. The summed E-state index contributed by atoms with van der Waals surface area (Å²) in [5, 5.41) is 0. The molecule has 0 aromatic carbocycles. The number of amides is 1. The van der Waals surface area contributed by atoms with E-state index in [-0.39, 0.29) is 5.91 Å². The van der Waals surface area contributed by atoms with Gasteiger partial charge in [0.15, 0.2) is 0 Å². The van der Waals surface area contributed by atoms with Crippen molar-refractivity contribution in [1.82, 2.24) is 4.90 Å². The summed E-state index contributed by atoms with van der Waals surface area (Å²) in [6, 6.07) is 0. The highest BCUT2D eigenvalue weighted by Crippen LogP contribution is 2.26. The van der Waals surface area contributed by atoms with Gasteiger partial charge in [0.1, 0.15) is 0 Å². The fraction of sp³-hybridized carbons (Fsp3) is 0.800. The second kappa shape index (κ2) is 4.26. The van der Waals surface area contributed by atoms with E-state index in [1.165, 1.54) is 0 Å². The highest BCUT2D eigenvalue weighted by Gasteiger charge is 2.38. The number of rotatable bonds is 3. The summed E-state index contributed by atoms with van der Waals surface area (Å²) in [5.41, 5.74) is 4.99. The summed E-state index contributed by atoms with van der Waals surface area (Å²) in [7, 11) is 0. The van der Waals surface area contributed by atoms with Gasteiger partial charge in [-0.15, -0.1) is 0 Å². The highest BCUT2D eigenvalue weighted by atomic mass is 32.1. The lowest BCUT2D eigenvalue weighted by Gasteiger charge is -2.30. The van der Waals surface area contributed by atoms with Crippen molar-refractivity contribution in [1.29, 1.82) is 0 Å². The molecule has 1 aliphatic rings. The first-order valence-electron chi connectivity index (χ1n) is 5.11. The van der Waals surface area contributed by atoms with Gasteiger partial charge in [0.2, 0.25) is 5.91 Å². The van der Waals surface area contributed by atoms with Crippen molar-refractivity contribution in [2.45, 2.75) is 33.1 Å². The predicted octanol–water partition coefficient (Wildman–Crippen LogP) is 1.31. The van der Waals surface area contributed by atoms with E-state index in [4.69, 9.17) is 18.0 Å². The summed E-state index contributed by atoms with van der Waals surface area (Å²) < 4.78 is 0. The topological polar surface area (TPSA) is 46.3 Å². The van der Waals surface area contributed by atoms with Gasteiger partial charge in [0.25, 0.3) is 0 Å². The zero-order valence-corrected chi connectivity index (χ0v) is 9.69. The maximum Gasteiger partial charge on any atom is 0.235 e. The van der Waals surface area contributed by atoms with E-state index in [1.807, 2.05) is 18.7 Å². The van der Waals surface area contributed by atoms with Crippen LogP contribution in [0.1, 0.15) is 33.1 Å². The molecular formula is C10H18N2OS. The number of carbonyl (C=O) groups is 1. The van der Waals surface area contributed by atoms with Crippen molar-refractivity contribution in [3.8, 4) is 0 Å². The molecule has 0 aromatic heterocycles. The first-order chi connectivity index (χ1) is 6.52. The Kier molecular flexibility index (Phi) is 3.48. The Labute approximate surface area is 90.6 Å². The second-order valence-corrected chi connectivity index (χ2v) is 4.49. The van der Waals surface area contributed by atoms with E-state index in [1.54, 1.807) is 0 Å². The first-order valence-corrected chi connectivity index (χ1v) is 5.52. The van der Waals surface area contributed by atoms with E-state index in [2.05, 4.69) is 0 Å². The van der Waals surface area contributed by atoms with Crippen LogP contribution in [0.2, 0.25) is 0 Å². The molecule has 3 nitrogen and oxygen atoms in total. The number of nitrogens with two attached hydrogens (primary N) is 1. The molecule has 1 atom stereocenters. The molecule has 80 valence electrons. The average Bonchev–Trinajstić information content (AvgIpc) is 2.67. The Hall–Kier alpha value is -0.640. The monoisotopic (exact) mass is 214 g/mol. The van der Waals surface area contributed by atoms with E-state index < -0.39 is 5.41 Å². The lowest BCUT2D eigenvalue weighted by molar-refractivity contribution is -0.136. The lowest BCUT2D eigenvalue weighted by Crippen LogP contribution is -2.47. The molecule has 0 spiro atoms. The van der Waals surface area contributed by atoms with Crippen LogP contribution in [0.5, 0.6) is 0 Å². The molecule has 1 saturated heterocycles. The van der Waals surface area contributed by atoms with Crippen molar-refractivity contribution >= 4 is 23.1 Å². The van der Waals surface area contributed by atoms with E-state index in [0.29, 0.717) is 11.4 Å². The van der Waals surface area contributed by atoms with Crippen LogP contribution in [-0.2, 0) is 4.79 Å². The van der Waals surface area contributed by atoms with Crippen LogP contribution in [-0.4, -0.2) is 28.9 Å². The molecule has 1 fully saturated rings. The van der Waals surface area contributed by atoms with Crippen LogP contribution >= 0.6 is 12.2 Å². The molecule has 2 N–H and O–H groups in total. The number of hydrogen-bond donors (Lipinski definition) is 1. The van der Waals surface area contributed by atoms with Crippen molar-refractivity contribution in [3.05, 3.63) is 0 Å². The molecule has 1 amide bonds. The van der Waals surface area contributed by atoms with Crippen molar-refractivity contribution in [3.63, 3.8) is 0 Å². The number of likely N-dealkylation sites (tertiary alicyclic amines) is 1. The van der Waals surface area contributed by atoms with Crippen LogP contribution in [0.4, 0.5) is 0 Å². The summed E-state index contributed by atoms with van der Waals surface area (Å²) in [6.45, 7) is 5.51. The molecule has 0 aliphatic carbocycles. The van der Waals surface area contributed by atoms with Gasteiger partial charge >= 0.3 is 0 Å². The minimum atomic E-state index is -0.639. The predicted molar refractivity (Wildman–Crippen MR) is 61.0 cm³/mol. The largest absolute Gasteiger partial charge is 0.392 e. The van der Waals surface area contributed by atoms with Gasteiger partial charge in [0, 0.05) is 13.1 Å². The Bertz CT molecular complexity index is 249. The molecule has 1 aliphatic heterocycles. The number of hydrogen-bond acceptors (Lipinski definition) is 2. The molecule has 1 heterocycles. The second-order valence-electron chi connectivity index (χ2n) is 4.05. The summed E-state index contributed by atoms with van der Waals surface area (Å²) >= 11 is 4.97. The van der Waals surface area contributed by atoms with Gasteiger partial charge in [-0.25, -0.2) is 0 Å². The molecule has 14 heavy (non-hydrogen) atoms. The van der Waals surface area contributed by atoms with Gasteiger partial charge in [0.05, 0.1) is 10.4 Å². The highest BCUT2D eigenvalue weighted by molar-refractivity contribution is 7.80. The zero-order valence-electron chi connectivity index (χ0n) is 8.88. The molecular weight excluding hydrogens is 196 g/mol.